The Morgan fingerprint density at radius 2 is 1.52 bits per heavy atom. The van der Waals surface area contributed by atoms with Crippen molar-refractivity contribution in [2.75, 3.05) is 11.9 Å². The number of hydrogen-bond donors (Lipinski definition) is 1. The van der Waals surface area contributed by atoms with Gasteiger partial charge < -0.3 is 10.2 Å². The van der Waals surface area contributed by atoms with E-state index in [1.54, 1.807) is 0 Å². The molecule has 158 valence electrons. The van der Waals surface area contributed by atoms with Crippen LogP contribution in [-0.2, 0) is 22.6 Å². The van der Waals surface area contributed by atoms with E-state index in [0.29, 0.717) is 13.1 Å². The highest BCUT2D eigenvalue weighted by atomic mass is 79.9. The Balaban J connectivity index is 1.48. The van der Waals surface area contributed by atoms with E-state index in [0.717, 1.165) is 22.1 Å². The number of carbonyl (C=O) groups excluding carboxylic acids is 2. The second-order valence-corrected chi connectivity index (χ2v) is 8.94. The molecule has 1 fully saturated rings. The lowest BCUT2D eigenvalue weighted by molar-refractivity contribution is -0.133. The third kappa shape index (κ3) is 5.61. The van der Waals surface area contributed by atoms with Crippen LogP contribution in [-0.4, -0.2) is 23.3 Å². The fourth-order valence-corrected chi connectivity index (χ4v) is 4.47. The number of likely N-dealkylation sites (tertiary alicyclic amines) is 1. The fourth-order valence-electron chi connectivity index (χ4n) is 4.21. The molecule has 0 saturated carbocycles. The second-order valence-electron chi connectivity index (χ2n) is 8.02. The molecule has 0 radical (unpaired) electrons. The van der Waals surface area contributed by atoms with Crippen molar-refractivity contribution < 1.29 is 9.59 Å². The second kappa shape index (κ2) is 9.92. The Morgan fingerprint density at radius 3 is 2.16 bits per heavy atom. The standard InChI is InChI=1S/C26H25BrN2O2/c27-22-11-13-23(14-12-22)28-25(30)16-24-21(15-19-7-3-1-4-8-19)18-29(26(24)31)17-20-9-5-2-6-10-20/h1-14,21,24H,15-18H2,(H,28,30)/t21-,24+/m0/s1. The maximum Gasteiger partial charge on any atom is 0.226 e. The van der Waals surface area contributed by atoms with Crippen LogP contribution in [0.15, 0.2) is 89.4 Å². The molecule has 4 rings (SSSR count). The van der Waals surface area contributed by atoms with E-state index >= 15 is 0 Å². The topological polar surface area (TPSA) is 49.4 Å². The molecular weight excluding hydrogens is 452 g/mol. The Morgan fingerprint density at radius 1 is 0.903 bits per heavy atom. The quantitative estimate of drug-likeness (QED) is 0.503. The first kappa shape index (κ1) is 21.3. The molecule has 3 aromatic rings. The first-order chi connectivity index (χ1) is 15.1. The largest absolute Gasteiger partial charge is 0.338 e. The summed E-state index contributed by atoms with van der Waals surface area (Å²) in [6.45, 7) is 1.24. The maximum atomic E-state index is 13.3. The molecule has 0 unspecified atom stereocenters. The van der Waals surface area contributed by atoms with Crippen molar-refractivity contribution in [1.29, 1.82) is 0 Å². The minimum atomic E-state index is -0.320. The molecule has 1 aliphatic heterocycles. The Bertz CT molecular complexity index is 1020. The molecule has 0 spiro atoms. The summed E-state index contributed by atoms with van der Waals surface area (Å²) >= 11 is 3.40. The van der Waals surface area contributed by atoms with Crippen molar-refractivity contribution >= 4 is 33.4 Å². The van der Waals surface area contributed by atoms with E-state index in [9.17, 15) is 9.59 Å². The van der Waals surface area contributed by atoms with E-state index in [2.05, 4.69) is 33.4 Å². The van der Waals surface area contributed by atoms with Crippen LogP contribution in [0.2, 0.25) is 0 Å². The van der Waals surface area contributed by atoms with Gasteiger partial charge in [-0.05, 0) is 47.7 Å². The first-order valence-electron chi connectivity index (χ1n) is 10.5. The summed E-state index contributed by atoms with van der Waals surface area (Å²) in [6, 6.07) is 27.7. The number of halogens is 1. The Hall–Kier alpha value is -2.92. The molecular formula is C26H25BrN2O2. The highest BCUT2D eigenvalue weighted by Gasteiger charge is 2.41. The smallest absolute Gasteiger partial charge is 0.226 e. The zero-order valence-corrected chi connectivity index (χ0v) is 18.8. The van der Waals surface area contributed by atoms with Gasteiger partial charge in [0.05, 0.1) is 5.92 Å². The first-order valence-corrected chi connectivity index (χ1v) is 11.3. The van der Waals surface area contributed by atoms with Crippen LogP contribution in [0.4, 0.5) is 5.69 Å². The lowest BCUT2D eigenvalue weighted by atomic mass is 9.87. The number of rotatable bonds is 7. The fraction of sp³-hybridized carbons (Fsp3) is 0.231. The van der Waals surface area contributed by atoms with E-state index in [1.165, 1.54) is 5.56 Å². The van der Waals surface area contributed by atoms with Crippen LogP contribution in [0.1, 0.15) is 17.5 Å². The van der Waals surface area contributed by atoms with Gasteiger partial charge in [-0.3, -0.25) is 9.59 Å². The predicted molar refractivity (Wildman–Crippen MR) is 126 cm³/mol. The molecule has 5 heteroatoms. The molecule has 0 bridgehead atoms. The van der Waals surface area contributed by atoms with Gasteiger partial charge in [0.25, 0.3) is 0 Å². The Kier molecular flexibility index (Phi) is 6.82. The third-order valence-corrected chi connectivity index (χ3v) is 6.27. The molecule has 31 heavy (non-hydrogen) atoms. The minimum Gasteiger partial charge on any atom is -0.338 e. The van der Waals surface area contributed by atoms with Crippen LogP contribution in [0.25, 0.3) is 0 Å². The third-order valence-electron chi connectivity index (χ3n) is 5.74. The summed E-state index contributed by atoms with van der Waals surface area (Å²) in [7, 11) is 0. The molecule has 4 nitrogen and oxygen atoms in total. The molecule has 0 aliphatic carbocycles. The molecule has 3 aromatic carbocycles. The SMILES string of the molecule is O=C(C[C@H]1C(=O)N(Cc2ccccc2)C[C@@H]1Cc1ccccc1)Nc1ccc(Br)cc1. The number of benzene rings is 3. The van der Waals surface area contributed by atoms with E-state index in [4.69, 9.17) is 0 Å². The van der Waals surface area contributed by atoms with Crippen molar-refractivity contribution in [3.63, 3.8) is 0 Å². The number of nitrogens with zero attached hydrogens (tertiary/aromatic N) is 1. The van der Waals surface area contributed by atoms with Gasteiger partial charge in [-0.15, -0.1) is 0 Å². The van der Waals surface area contributed by atoms with E-state index in [1.807, 2.05) is 77.7 Å². The maximum absolute atomic E-state index is 13.3. The van der Waals surface area contributed by atoms with Crippen LogP contribution in [0, 0.1) is 11.8 Å². The zero-order valence-electron chi connectivity index (χ0n) is 17.2. The number of hydrogen-bond acceptors (Lipinski definition) is 2. The summed E-state index contributed by atoms with van der Waals surface area (Å²) in [5.74, 6) is -0.273. The van der Waals surface area contributed by atoms with E-state index in [-0.39, 0.29) is 30.1 Å². The van der Waals surface area contributed by atoms with Crippen molar-refractivity contribution in [2.24, 2.45) is 11.8 Å². The molecule has 2 amide bonds. The Labute approximate surface area is 191 Å². The van der Waals surface area contributed by atoms with Crippen molar-refractivity contribution in [2.45, 2.75) is 19.4 Å². The number of nitrogens with one attached hydrogen (secondary N) is 1. The van der Waals surface area contributed by atoms with Gasteiger partial charge in [0, 0.05) is 29.7 Å². The molecule has 2 atom stereocenters. The summed E-state index contributed by atoms with van der Waals surface area (Å²) < 4.78 is 0.955. The van der Waals surface area contributed by atoms with Crippen LogP contribution in [0.5, 0.6) is 0 Å². The lowest BCUT2D eigenvalue weighted by Crippen LogP contribution is -2.29. The summed E-state index contributed by atoms with van der Waals surface area (Å²) in [4.78, 5) is 28.0. The summed E-state index contributed by atoms with van der Waals surface area (Å²) in [5, 5.41) is 2.94. The van der Waals surface area contributed by atoms with Crippen molar-refractivity contribution in [1.82, 2.24) is 4.90 Å². The zero-order chi connectivity index (χ0) is 21.6. The number of carbonyl (C=O) groups is 2. The number of amides is 2. The average Bonchev–Trinajstić information content (AvgIpc) is 3.05. The highest BCUT2D eigenvalue weighted by Crippen LogP contribution is 2.32. The van der Waals surface area contributed by atoms with Crippen LogP contribution >= 0.6 is 15.9 Å². The summed E-state index contributed by atoms with van der Waals surface area (Å²) in [6.07, 6.45) is 0.978. The minimum absolute atomic E-state index is 0.0655. The average molecular weight is 477 g/mol. The summed E-state index contributed by atoms with van der Waals surface area (Å²) in [5.41, 5.74) is 3.04. The predicted octanol–water partition coefficient (Wildman–Crippen LogP) is 5.30. The van der Waals surface area contributed by atoms with Crippen LogP contribution < -0.4 is 5.32 Å². The molecule has 1 N–H and O–H groups in total. The normalized spacial score (nSPS) is 18.2. The number of anilines is 1. The molecule has 0 aromatic heterocycles. The van der Waals surface area contributed by atoms with Gasteiger partial charge in [0.15, 0.2) is 0 Å². The van der Waals surface area contributed by atoms with Crippen molar-refractivity contribution in [3.8, 4) is 0 Å². The van der Waals surface area contributed by atoms with Crippen molar-refractivity contribution in [3.05, 3.63) is 101 Å². The molecule has 1 saturated heterocycles. The van der Waals surface area contributed by atoms with Gasteiger partial charge >= 0.3 is 0 Å². The van der Waals surface area contributed by atoms with Gasteiger partial charge in [0.2, 0.25) is 11.8 Å². The lowest BCUT2D eigenvalue weighted by Gasteiger charge is -2.16. The highest BCUT2D eigenvalue weighted by molar-refractivity contribution is 9.10. The molecule has 1 aliphatic rings. The van der Waals surface area contributed by atoms with E-state index < -0.39 is 0 Å². The van der Waals surface area contributed by atoms with Gasteiger partial charge in [-0.25, -0.2) is 0 Å². The van der Waals surface area contributed by atoms with Crippen LogP contribution in [0.3, 0.4) is 0 Å². The molecule has 1 heterocycles. The van der Waals surface area contributed by atoms with Gasteiger partial charge in [-0.2, -0.15) is 0 Å². The monoisotopic (exact) mass is 476 g/mol. The van der Waals surface area contributed by atoms with Gasteiger partial charge in [-0.1, -0.05) is 76.6 Å². The van der Waals surface area contributed by atoms with Gasteiger partial charge in [0.1, 0.15) is 0 Å².